The van der Waals surface area contributed by atoms with Gasteiger partial charge in [0.05, 0.1) is 11.6 Å². The summed E-state index contributed by atoms with van der Waals surface area (Å²) >= 11 is 0. The maximum Gasteiger partial charge on any atom is 0.150 e. The van der Waals surface area contributed by atoms with Gasteiger partial charge >= 0.3 is 0 Å². The summed E-state index contributed by atoms with van der Waals surface area (Å²) < 4.78 is 0. The molecule has 0 N–H and O–H groups in total. The number of carbonyl (C=O) groups is 2. The van der Waals surface area contributed by atoms with Crippen LogP contribution in [0.5, 0.6) is 0 Å². The molecule has 13 heavy (non-hydrogen) atoms. The average Bonchev–Trinajstić information content (AvgIpc) is 2.18. The minimum Gasteiger partial charge on any atom is -0.298 e. The Balaban J connectivity index is 3.47. The van der Waals surface area contributed by atoms with Crippen molar-refractivity contribution in [2.75, 3.05) is 0 Å². The lowest BCUT2D eigenvalue weighted by Crippen LogP contribution is -1.94. The maximum atomic E-state index is 10.5. The molecule has 0 aliphatic rings. The van der Waals surface area contributed by atoms with E-state index in [-0.39, 0.29) is 0 Å². The van der Waals surface area contributed by atoms with Gasteiger partial charge in [-0.1, -0.05) is 0 Å². The summed E-state index contributed by atoms with van der Waals surface area (Å²) in [4.78, 5) is 21.0. The van der Waals surface area contributed by atoms with Crippen molar-refractivity contribution in [2.24, 2.45) is 0 Å². The minimum atomic E-state index is 0.351. The van der Waals surface area contributed by atoms with Crippen LogP contribution in [0.2, 0.25) is 0 Å². The van der Waals surface area contributed by atoms with Gasteiger partial charge in [-0.2, -0.15) is 5.26 Å². The van der Waals surface area contributed by atoms with Crippen molar-refractivity contribution >= 4 is 12.6 Å². The van der Waals surface area contributed by atoms with Crippen LogP contribution in [0.25, 0.3) is 0 Å². The smallest absolute Gasteiger partial charge is 0.150 e. The molecule has 0 atom stereocenters. The quantitative estimate of drug-likeness (QED) is 0.636. The molecule has 0 aromatic heterocycles. The predicted molar refractivity (Wildman–Crippen MR) is 46.7 cm³/mol. The van der Waals surface area contributed by atoms with E-state index >= 15 is 0 Å². The van der Waals surface area contributed by atoms with E-state index in [1.807, 2.05) is 6.07 Å². The van der Waals surface area contributed by atoms with E-state index < -0.39 is 0 Å². The van der Waals surface area contributed by atoms with E-state index in [1.54, 1.807) is 6.92 Å². The molecule has 1 aromatic carbocycles. The third-order valence-electron chi connectivity index (χ3n) is 1.85. The Hall–Kier alpha value is -1.95. The Bertz CT molecular complexity index is 402. The van der Waals surface area contributed by atoms with Crippen LogP contribution in [0.4, 0.5) is 0 Å². The Kier molecular flexibility index (Phi) is 2.56. The first-order chi connectivity index (χ1) is 6.22. The lowest BCUT2D eigenvalue weighted by atomic mass is 10.0. The highest BCUT2D eigenvalue weighted by Gasteiger charge is 2.05. The lowest BCUT2D eigenvalue weighted by molar-refractivity contribution is 0.112. The summed E-state index contributed by atoms with van der Waals surface area (Å²) in [7, 11) is 0. The molecule has 0 bridgehead atoms. The van der Waals surface area contributed by atoms with E-state index in [1.165, 1.54) is 12.1 Å². The van der Waals surface area contributed by atoms with Crippen molar-refractivity contribution in [3.05, 3.63) is 34.4 Å². The van der Waals surface area contributed by atoms with Crippen molar-refractivity contribution in [1.82, 2.24) is 0 Å². The summed E-state index contributed by atoms with van der Waals surface area (Å²) in [5.74, 6) is 0. The molecule has 0 fully saturated rings. The molecule has 1 rings (SSSR count). The summed E-state index contributed by atoms with van der Waals surface area (Å²) in [6, 6.07) is 4.86. The number of hydrogen-bond donors (Lipinski definition) is 0. The second-order valence-corrected chi connectivity index (χ2v) is 2.63. The molecule has 0 aliphatic carbocycles. The SMILES string of the molecule is Cc1c(C#N)cc(C=O)cc1C=O. The van der Waals surface area contributed by atoms with Gasteiger partial charge in [-0.15, -0.1) is 0 Å². The number of hydrogen-bond acceptors (Lipinski definition) is 3. The minimum absolute atomic E-state index is 0.351. The van der Waals surface area contributed by atoms with E-state index in [9.17, 15) is 9.59 Å². The van der Waals surface area contributed by atoms with Crippen LogP contribution >= 0.6 is 0 Å². The molecule has 0 saturated heterocycles. The van der Waals surface area contributed by atoms with Gasteiger partial charge in [0.2, 0.25) is 0 Å². The molecule has 0 amide bonds. The highest BCUT2D eigenvalue weighted by atomic mass is 16.1. The highest BCUT2D eigenvalue weighted by Crippen LogP contribution is 2.13. The second kappa shape index (κ2) is 3.63. The molecule has 0 aliphatic heterocycles. The van der Waals surface area contributed by atoms with Gasteiger partial charge in [0.1, 0.15) is 12.6 Å². The fraction of sp³-hybridized carbons (Fsp3) is 0.100. The zero-order valence-electron chi connectivity index (χ0n) is 7.07. The van der Waals surface area contributed by atoms with Gasteiger partial charge in [0, 0.05) is 11.1 Å². The second-order valence-electron chi connectivity index (χ2n) is 2.63. The third kappa shape index (κ3) is 1.62. The largest absolute Gasteiger partial charge is 0.298 e. The van der Waals surface area contributed by atoms with Crippen molar-refractivity contribution in [3.63, 3.8) is 0 Å². The van der Waals surface area contributed by atoms with Crippen LogP contribution in [0.1, 0.15) is 31.8 Å². The number of carbonyl (C=O) groups excluding carboxylic acids is 2. The summed E-state index contributed by atoms with van der Waals surface area (Å²) in [5, 5.41) is 8.68. The van der Waals surface area contributed by atoms with Crippen LogP contribution < -0.4 is 0 Å². The molecule has 0 saturated carbocycles. The fourth-order valence-corrected chi connectivity index (χ4v) is 1.07. The predicted octanol–water partition coefficient (Wildman–Crippen LogP) is 1.49. The molecule has 3 nitrogen and oxygen atoms in total. The van der Waals surface area contributed by atoms with Gasteiger partial charge in [-0.3, -0.25) is 9.59 Å². The molecule has 1 aromatic rings. The van der Waals surface area contributed by atoms with Crippen LogP contribution in [0.15, 0.2) is 12.1 Å². The first-order valence-electron chi connectivity index (χ1n) is 3.68. The molecule has 3 heteroatoms. The number of nitriles is 1. The normalized spacial score (nSPS) is 8.92. The molecule has 64 valence electrons. The Labute approximate surface area is 75.6 Å². The molecular weight excluding hydrogens is 166 g/mol. The number of benzene rings is 1. The third-order valence-corrected chi connectivity index (χ3v) is 1.85. The average molecular weight is 173 g/mol. The van der Waals surface area contributed by atoms with Gasteiger partial charge in [0.15, 0.2) is 0 Å². The van der Waals surface area contributed by atoms with Crippen LogP contribution in [-0.4, -0.2) is 12.6 Å². The number of nitrogens with zero attached hydrogens (tertiary/aromatic N) is 1. The van der Waals surface area contributed by atoms with E-state index in [2.05, 4.69) is 0 Å². The molecule has 0 heterocycles. The summed E-state index contributed by atoms with van der Waals surface area (Å²) in [6.07, 6.45) is 1.26. The zero-order valence-corrected chi connectivity index (χ0v) is 7.07. The monoisotopic (exact) mass is 173 g/mol. The fourth-order valence-electron chi connectivity index (χ4n) is 1.07. The van der Waals surface area contributed by atoms with Gasteiger partial charge < -0.3 is 0 Å². The molecule has 0 unspecified atom stereocenters. The molecule has 0 spiro atoms. The van der Waals surface area contributed by atoms with E-state index in [0.29, 0.717) is 34.8 Å². The van der Waals surface area contributed by atoms with Crippen molar-refractivity contribution < 1.29 is 9.59 Å². The standard InChI is InChI=1S/C10H7NO2/c1-7-9(4-11)2-8(5-12)3-10(7)6-13/h2-3,5-6H,1H3. The number of aldehydes is 2. The van der Waals surface area contributed by atoms with Crippen LogP contribution in [0, 0.1) is 18.3 Å². The summed E-state index contributed by atoms with van der Waals surface area (Å²) in [5.41, 5.74) is 1.72. The number of rotatable bonds is 2. The molecular formula is C10H7NO2. The Morgan fingerprint density at radius 3 is 2.46 bits per heavy atom. The van der Waals surface area contributed by atoms with Gasteiger partial charge in [0.25, 0.3) is 0 Å². The Morgan fingerprint density at radius 2 is 2.00 bits per heavy atom. The summed E-state index contributed by atoms with van der Waals surface area (Å²) in [6.45, 7) is 1.68. The van der Waals surface area contributed by atoms with E-state index in [4.69, 9.17) is 5.26 Å². The van der Waals surface area contributed by atoms with Gasteiger partial charge in [-0.05, 0) is 24.6 Å². The molecule has 0 radical (unpaired) electrons. The first-order valence-corrected chi connectivity index (χ1v) is 3.68. The van der Waals surface area contributed by atoms with Gasteiger partial charge in [-0.25, -0.2) is 0 Å². The van der Waals surface area contributed by atoms with Crippen molar-refractivity contribution in [1.29, 1.82) is 5.26 Å². The lowest BCUT2D eigenvalue weighted by Gasteiger charge is -2.01. The zero-order chi connectivity index (χ0) is 9.84. The first kappa shape index (κ1) is 9.14. The van der Waals surface area contributed by atoms with Crippen LogP contribution in [0.3, 0.4) is 0 Å². The topological polar surface area (TPSA) is 57.9 Å². The highest BCUT2D eigenvalue weighted by molar-refractivity contribution is 5.84. The van der Waals surface area contributed by atoms with Crippen molar-refractivity contribution in [2.45, 2.75) is 6.92 Å². The maximum absolute atomic E-state index is 10.5. The van der Waals surface area contributed by atoms with Crippen molar-refractivity contribution in [3.8, 4) is 6.07 Å². The Morgan fingerprint density at radius 1 is 1.31 bits per heavy atom. The van der Waals surface area contributed by atoms with E-state index in [0.717, 1.165) is 0 Å². The van der Waals surface area contributed by atoms with Crippen LogP contribution in [-0.2, 0) is 0 Å².